The van der Waals surface area contributed by atoms with Gasteiger partial charge < -0.3 is 15.2 Å². The van der Waals surface area contributed by atoms with Gasteiger partial charge in [-0.05, 0) is 60.0 Å². The zero-order valence-electron chi connectivity index (χ0n) is 24.4. The van der Waals surface area contributed by atoms with Crippen LogP contribution >= 0.6 is 11.6 Å². The van der Waals surface area contributed by atoms with Gasteiger partial charge in [0, 0.05) is 16.3 Å². The molecule has 0 aliphatic heterocycles. The normalized spacial score (nSPS) is 11.7. The molecule has 0 fully saturated rings. The van der Waals surface area contributed by atoms with E-state index in [-0.39, 0.29) is 11.3 Å². The summed E-state index contributed by atoms with van der Waals surface area (Å²) in [5, 5.41) is 14.0. The number of ether oxygens (including phenoxy) is 1. The quantitative estimate of drug-likeness (QED) is 0.0985. The van der Waals surface area contributed by atoms with Gasteiger partial charge in [-0.15, -0.1) is 0 Å². The van der Waals surface area contributed by atoms with E-state index in [2.05, 4.69) is 12.2 Å². The molecular weight excluding hydrogens is 568 g/mol. The number of anilines is 2. The minimum Gasteiger partial charge on any atom is -0.493 e. The number of rotatable bonds is 16. The molecule has 1 atom stereocenters. The summed E-state index contributed by atoms with van der Waals surface area (Å²) in [5.41, 5.74) is 1.60. The van der Waals surface area contributed by atoms with Crippen molar-refractivity contribution in [2.75, 3.05) is 11.9 Å². The molecular formula is C36H38ClF2NO3. The zero-order valence-corrected chi connectivity index (χ0v) is 25.2. The largest absolute Gasteiger partial charge is 0.493 e. The summed E-state index contributed by atoms with van der Waals surface area (Å²) in [7, 11) is 0. The molecule has 0 saturated carbocycles. The highest BCUT2D eigenvalue weighted by Gasteiger charge is 2.27. The first-order valence-electron chi connectivity index (χ1n) is 14.9. The van der Waals surface area contributed by atoms with E-state index in [1.807, 2.05) is 24.3 Å². The Bertz CT molecular complexity index is 1480. The maximum atomic E-state index is 15.4. The molecule has 43 heavy (non-hydrogen) atoms. The highest BCUT2D eigenvalue weighted by atomic mass is 35.5. The summed E-state index contributed by atoms with van der Waals surface area (Å²) in [6.45, 7) is 2.84. The van der Waals surface area contributed by atoms with E-state index in [1.54, 1.807) is 36.4 Å². The number of halogens is 3. The minimum atomic E-state index is -1.69. The van der Waals surface area contributed by atoms with Crippen LogP contribution in [0.3, 0.4) is 0 Å². The van der Waals surface area contributed by atoms with E-state index in [4.69, 9.17) is 16.3 Å². The molecule has 4 aromatic rings. The number of carbonyl (C=O) groups is 1. The van der Waals surface area contributed by atoms with Crippen molar-refractivity contribution in [2.45, 2.75) is 64.4 Å². The molecule has 0 aliphatic carbocycles. The van der Waals surface area contributed by atoms with Crippen molar-refractivity contribution in [3.05, 3.63) is 113 Å². The second kappa shape index (κ2) is 16.2. The van der Waals surface area contributed by atoms with Crippen molar-refractivity contribution in [3.8, 4) is 16.9 Å². The number of hydrogen-bond acceptors (Lipinski definition) is 4. The maximum Gasteiger partial charge on any atom is 0.201 e. The van der Waals surface area contributed by atoms with Gasteiger partial charge in [-0.3, -0.25) is 4.79 Å². The Hall–Kier alpha value is -3.74. The highest BCUT2D eigenvalue weighted by molar-refractivity contribution is 6.31. The first kappa shape index (κ1) is 32.2. The third-order valence-electron chi connectivity index (χ3n) is 7.37. The molecule has 0 aromatic heterocycles. The van der Waals surface area contributed by atoms with Gasteiger partial charge in [0.2, 0.25) is 5.78 Å². The van der Waals surface area contributed by atoms with Crippen LogP contribution < -0.4 is 10.1 Å². The molecule has 4 aromatic carbocycles. The van der Waals surface area contributed by atoms with Crippen LogP contribution in [0.4, 0.5) is 20.2 Å². The summed E-state index contributed by atoms with van der Waals surface area (Å²) in [6.07, 6.45) is 8.08. The predicted molar refractivity (Wildman–Crippen MR) is 170 cm³/mol. The molecule has 226 valence electrons. The molecule has 0 heterocycles. The second-order valence-corrected chi connectivity index (χ2v) is 11.1. The van der Waals surface area contributed by atoms with Crippen molar-refractivity contribution < 1.29 is 23.4 Å². The summed E-state index contributed by atoms with van der Waals surface area (Å²) < 4.78 is 36.1. The van der Waals surface area contributed by atoms with Crippen molar-refractivity contribution in [3.63, 3.8) is 0 Å². The molecule has 0 spiro atoms. The molecule has 4 rings (SSSR count). The molecule has 0 radical (unpaired) electrons. The third-order valence-corrected chi connectivity index (χ3v) is 7.61. The molecule has 0 bridgehead atoms. The van der Waals surface area contributed by atoms with Gasteiger partial charge in [0.15, 0.2) is 5.82 Å². The minimum absolute atomic E-state index is 0.0881. The molecule has 0 saturated heterocycles. The Morgan fingerprint density at radius 2 is 1.53 bits per heavy atom. The summed E-state index contributed by atoms with van der Waals surface area (Å²) in [5.74, 6) is -2.44. The van der Waals surface area contributed by atoms with Gasteiger partial charge in [0.05, 0.1) is 17.9 Å². The van der Waals surface area contributed by atoms with Crippen LogP contribution in [0.2, 0.25) is 5.02 Å². The Morgan fingerprint density at radius 3 is 2.23 bits per heavy atom. The van der Waals surface area contributed by atoms with Gasteiger partial charge >= 0.3 is 0 Å². The van der Waals surface area contributed by atoms with E-state index in [1.165, 1.54) is 56.7 Å². The van der Waals surface area contributed by atoms with Crippen molar-refractivity contribution >= 4 is 28.8 Å². The summed E-state index contributed by atoms with van der Waals surface area (Å²) >= 11 is 6.31. The van der Waals surface area contributed by atoms with Gasteiger partial charge in [0.1, 0.15) is 17.7 Å². The number of unbranched alkanes of at least 4 members (excludes halogenated alkanes) is 7. The number of aliphatic hydroxyl groups excluding tert-OH is 1. The highest BCUT2D eigenvalue weighted by Crippen LogP contribution is 2.35. The predicted octanol–water partition coefficient (Wildman–Crippen LogP) is 10.5. The SMILES string of the molecule is CCCCCCCCCCOc1ccc(Cl)cc1-c1ccc(Nc2ccc(F)c(C(=O)C(O)c3ccccc3)c2F)cc1. The molecule has 4 nitrogen and oxygen atoms in total. The number of aliphatic hydroxyl groups is 1. The second-order valence-electron chi connectivity index (χ2n) is 10.6. The fraction of sp³-hybridized carbons (Fsp3) is 0.306. The molecule has 0 amide bonds. The Kier molecular flexibility index (Phi) is 12.1. The lowest BCUT2D eigenvalue weighted by molar-refractivity contribution is 0.0738. The number of ketones is 1. The Balaban J connectivity index is 1.42. The van der Waals surface area contributed by atoms with Crippen LogP contribution in [-0.2, 0) is 0 Å². The van der Waals surface area contributed by atoms with E-state index >= 15 is 4.39 Å². The lowest BCUT2D eigenvalue weighted by Gasteiger charge is -2.15. The molecule has 7 heteroatoms. The van der Waals surface area contributed by atoms with Crippen LogP contribution in [-0.4, -0.2) is 17.5 Å². The summed E-state index contributed by atoms with van der Waals surface area (Å²) in [4.78, 5) is 12.8. The van der Waals surface area contributed by atoms with Gasteiger partial charge in [-0.25, -0.2) is 8.78 Å². The van der Waals surface area contributed by atoms with E-state index in [0.717, 1.165) is 35.8 Å². The molecule has 1 unspecified atom stereocenters. The van der Waals surface area contributed by atoms with E-state index in [0.29, 0.717) is 17.3 Å². The van der Waals surface area contributed by atoms with Crippen molar-refractivity contribution in [2.24, 2.45) is 0 Å². The summed E-state index contributed by atoms with van der Waals surface area (Å²) in [6, 6.07) is 23.0. The van der Waals surface area contributed by atoms with Crippen LogP contribution in [0, 0.1) is 11.6 Å². The van der Waals surface area contributed by atoms with E-state index in [9.17, 15) is 14.3 Å². The monoisotopic (exact) mass is 605 g/mol. The van der Waals surface area contributed by atoms with Crippen LogP contribution in [0.1, 0.15) is 80.3 Å². The van der Waals surface area contributed by atoms with Gasteiger partial charge in [0.25, 0.3) is 0 Å². The van der Waals surface area contributed by atoms with E-state index < -0.39 is 29.1 Å². The standard InChI is InChI=1S/C36H38ClF2NO3/c1-2-3-4-5-6-7-8-12-23-43-32-22-17-27(37)24-29(32)25-15-18-28(19-16-25)40-31-21-20-30(38)33(34(31)39)36(42)35(41)26-13-10-9-11-14-26/h9-11,13-22,24,35,40-41H,2-8,12,23H2,1H3. The van der Waals surface area contributed by atoms with Crippen molar-refractivity contribution in [1.82, 2.24) is 0 Å². The van der Waals surface area contributed by atoms with Crippen LogP contribution in [0.5, 0.6) is 5.75 Å². The Labute approximate surface area is 257 Å². The number of benzene rings is 4. The average molecular weight is 606 g/mol. The number of nitrogens with one attached hydrogen (secondary N) is 1. The average Bonchev–Trinajstić information content (AvgIpc) is 3.02. The smallest absolute Gasteiger partial charge is 0.201 e. The maximum absolute atomic E-state index is 15.4. The number of Topliss-reactive ketones (excluding diaryl/α,β-unsaturated/α-hetero) is 1. The van der Waals surface area contributed by atoms with Gasteiger partial charge in [-0.1, -0.05) is 106 Å². The van der Waals surface area contributed by atoms with Gasteiger partial charge in [-0.2, -0.15) is 0 Å². The fourth-order valence-corrected chi connectivity index (χ4v) is 5.13. The third kappa shape index (κ3) is 8.88. The topological polar surface area (TPSA) is 58.6 Å². The zero-order chi connectivity index (χ0) is 30.6. The van der Waals surface area contributed by atoms with Crippen molar-refractivity contribution in [1.29, 1.82) is 0 Å². The number of carbonyl (C=O) groups excluding carboxylic acids is 1. The first-order valence-corrected chi connectivity index (χ1v) is 15.3. The fourth-order valence-electron chi connectivity index (χ4n) is 4.96. The lowest BCUT2D eigenvalue weighted by atomic mass is 9.98. The van der Waals surface area contributed by atoms with Crippen LogP contribution in [0.15, 0.2) is 84.9 Å². The Morgan fingerprint density at radius 1 is 0.860 bits per heavy atom. The first-order chi connectivity index (χ1) is 20.9. The number of hydrogen-bond donors (Lipinski definition) is 2. The molecule has 2 N–H and O–H groups in total. The molecule has 0 aliphatic rings. The lowest BCUT2D eigenvalue weighted by Crippen LogP contribution is -2.16. The van der Waals surface area contributed by atoms with Crippen LogP contribution in [0.25, 0.3) is 11.1 Å².